The molecule has 3 amide bonds. The van der Waals surface area contributed by atoms with Gasteiger partial charge in [0.25, 0.3) is 5.91 Å². The van der Waals surface area contributed by atoms with Gasteiger partial charge in [-0.1, -0.05) is 18.2 Å². The zero-order chi connectivity index (χ0) is 22.2. The van der Waals surface area contributed by atoms with E-state index in [1.165, 1.54) is 0 Å². The summed E-state index contributed by atoms with van der Waals surface area (Å²) in [6.45, 7) is 1.71. The standard InChI is InChI=1S/C24H30N4O3/c1-27(2)23(30)13-10-18-8-11-20(12-9-18)25-17-22(29)26-21-7-5-6-19(16-21)24(31)28-14-3-4-15-28/h5-9,11-12,16,25H,3-4,10,13-15,17H2,1-2H3,(H,26,29). The van der Waals surface area contributed by atoms with Gasteiger partial charge in [-0.2, -0.15) is 0 Å². The number of carbonyl (C=O) groups is 3. The minimum atomic E-state index is -0.188. The molecule has 0 atom stereocenters. The van der Waals surface area contributed by atoms with Crippen LogP contribution in [0.4, 0.5) is 11.4 Å². The van der Waals surface area contributed by atoms with Crippen LogP contribution >= 0.6 is 0 Å². The molecule has 1 heterocycles. The Bertz CT molecular complexity index is 919. The van der Waals surface area contributed by atoms with E-state index in [0.717, 1.165) is 37.2 Å². The van der Waals surface area contributed by atoms with Crippen molar-refractivity contribution in [2.75, 3.05) is 44.4 Å². The van der Waals surface area contributed by atoms with Crippen molar-refractivity contribution in [3.05, 3.63) is 59.7 Å². The van der Waals surface area contributed by atoms with E-state index in [2.05, 4.69) is 10.6 Å². The lowest BCUT2D eigenvalue weighted by atomic mass is 10.1. The molecule has 1 aliphatic rings. The molecule has 1 aliphatic heterocycles. The van der Waals surface area contributed by atoms with Crippen molar-refractivity contribution in [2.45, 2.75) is 25.7 Å². The van der Waals surface area contributed by atoms with Crippen LogP contribution in [0.3, 0.4) is 0 Å². The molecule has 0 radical (unpaired) electrons. The van der Waals surface area contributed by atoms with Crippen LogP contribution in [0.15, 0.2) is 48.5 Å². The van der Waals surface area contributed by atoms with E-state index >= 15 is 0 Å². The highest BCUT2D eigenvalue weighted by molar-refractivity contribution is 5.98. The quantitative estimate of drug-likeness (QED) is 0.685. The third kappa shape index (κ3) is 6.57. The van der Waals surface area contributed by atoms with Crippen LogP contribution in [-0.2, 0) is 16.0 Å². The van der Waals surface area contributed by atoms with Crippen molar-refractivity contribution in [2.24, 2.45) is 0 Å². The molecule has 1 fully saturated rings. The normalized spacial score (nSPS) is 13.0. The van der Waals surface area contributed by atoms with Crippen molar-refractivity contribution in [1.29, 1.82) is 0 Å². The highest BCUT2D eigenvalue weighted by atomic mass is 16.2. The summed E-state index contributed by atoms with van der Waals surface area (Å²) < 4.78 is 0. The number of rotatable bonds is 8. The Hall–Kier alpha value is -3.35. The summed E-state index contributed by atoms with van der Waals surface area (Å²) in [7, 11) is 3.50. The van der Waals surface area contributed by atoms with Crippen LogP contribution in [0.25, 0.3) is 0 Å². The molecule has 0 bridgehead atoms. The lowest BCUT2D eigenvalue weighted by Crippen LogP contribution is -2.27. The smallest absolute Gasteiger partial charge is 0.253 e. The van der Waals surface area contributed by atoms with Crippen LogP contribution in [-0.4, -0.2) is 61.3 Å². The molecule has 1 saturated heterocycles. The van der Waals surface area contributed by atoms with Crippen molar-refractivity contribution in [3.63, 3.8) is 0 Å². The van der Waals surface area contributed by atoms with Gasteiger partial charge in [-0.15, -0.1) is 0 Å². The van der Waals surface area contributed by atoms with Crippen LogP contribution in [0, 0.1) is 0 Å². The summed E-state index contributed by atoms with van der Waals surface area (Å²) in [5.41, 5.74) is 3.11. The monoisotopic (exact) mass is 422 g/mol. The van der Waals surface area contributed by atoms with Crippen molar-refractivity contribution < 1.29 is 14.4 Å². The van der Waals surface area contributed by atoms with Gasteiger partial charge < -0.3 is 20.4 Å². The maximum atomic E-state index is 12.5. The molecule has 0 aliphatic carbocycles. The van der Waals surface area contributed by atoms with Crippen LogP contribution < -0.4 is 10.6 Å². The second kappa shape index (κ2) is 10.6. The minimum absolute atomic E-state index is 0.0131. The molecule has 0 spiro atoms. The molecular weight excluding hydrogens is 392 g/mol. The predicted octanol–water partition coefficient (Wildman–Crippen LogP) is 2.99. The fourth-order valence-corrected chi connectivity index (χ4v) is 3.48. The van der Waals surface area contributed by atoms with Gasteiger partial charge in [-0.25, -0.2) is 0 Å². The number of nitrogens with zero attached hydrogens (tertiary/aromatic N) is 2. The average molecular weight is 423 g/mol. The van der Waals surface area contributed by atoms with Crippen molar-refractivity contribution in [1.82, 2.24) is 9.80 Å². The first-order chi connectivity index (χ1) is 14.9. The second-order valence-corrected chi connectivity index (χ2v) is 7.97. The summed E-state index contributed by atoms with van der Waals surface area (Å²) in [6.07, 6.45) is 3.25. The number of benzene rings is 2. The molecule has 7 nitrogen and oxygen atoms in total. The highest BCUT2D eigenvalue weighted by Crippen LogP contribution is 2.17. The highest BCUT2D eigenvalue weighted by Gasteiger charge is 2.19. The van der Waals surface area contributed by atoms with E-state index in [-0.39, 0.29) is 24.3 Å². The van der Waals surface area contributed by atoms with Crippen LogP contribution in [0.1, 0.15) is 35.2 Å². The molecule has 2 aromatic rings. The largest absolute Gasteiger partial charge is 0.376 e. The first-order valence-electron chi connectivity index (χ1n) is 10.6. The molecule has 2 N–H and O–H groups in total. The van der Waals surface area contributed by atoms with Gasteiger partial charge in [0, 0.05) is 50.5 Å². The Morgan fingerprint density at radius 1 is 0.968 bits per heavy atom. The van der Waals surface area contributed by atoms with Gasteiger partial charge in [-0.3, -0.25) is 14.4 Å². The predicted molar refractivity (Wildman–Crippen MR) is 122 cm³/mol. The number of aryl methyl sites for hydroxylation is 1. The Labute approximate surface area is 183 Å². The molecule has 0 unspecified atom stereocenters. The van der Waals surface area contributed by atoms with Gasteiger partial charge >= 0.3 is 0 Å². The first-order valence-corrected chi connectivity index (χ1v) is 10.6. The Morgan fingerprint density at radius 2 is 1.68 bits per heavy atom. The molecular formula is C24H30N4O3. The number of amides is 3. The zero-order valence-electron chi connectivity index (χ0n) is 18.2. The van der Waals surface area contributed by atoms with E-state index in [4.69, 9.17) is 0 Å². The number of hydrogen-bond donors (Lipinski definition) is 2. The summed E-state index contributed by atoms with van der Waals surface area (Å²) >= 11 is 0. The Morgan fingerprint density at radius 3 is 2.35 bits per heavy atom. The molecule has 7 heteroatoms. The third-order valence-electron chi connectivity index (χ3n) is 5.32. The summed E-state index contributed by atoms with van der Waals surface area (Å²) in [4.78, 5) is 40.0. The van der Waals surface area contributed by atoms with Gasteiger partial charge in [0.1, 0.15) is 0 Å². The van der Waals surface area contributed by atoms with E-state index < -0.39 is 0 Å². The summed E-state index contributed by atoms with van der Waals surface area (Å²) in [5.74, 6) is -0.0735. The number of nitrogens with one attached hydrogen (secondary N) is 2. The maximum Gasteiger partial charge on any atom is 0.253 e. The summed E-state index contributed by atoms with van der Waals surface area (Å²) in [5, 5.41) is 5.93. The Balaban J connectivity index is 1.47. The van der Waals surface area contributed by atoms with Gasteiger partial charge in [-0.05, 0) is 55.2 Å². The fourth-order valence-electron chi connectivity index (χ4n) is 3.48. The van der Waals surface area contributed by atoms with Crippen LogP contribution in [0.5, 0.6) is 0 Å². The van der Waals surface area contributed by atoms with Crippen molar-refractivity contribution >= 4 is 29.1 Å². The molecule has 164 valence electrons. The van der Waals surface area contributed by atoms with Crippen LogP contribution in [0.2, 0.25) is 0 Å². The van der Waals surface area contributed by atoms with Gasteiger partial charge in [0.2, 0.25) is 11.8 Å². The molecule has 0 saturated carbocycles. The fraction of sp³-hybridized carbons (Fsp3) is 0.375. The lowest BCUT2D eigenvalue weighted by molar-refractivity contribution is -0.128. The average Bonchev–Trinajstić information content (AvgIpc) is 3.31. The van der Waals surface area contributed by atoms with Gasteiger partial charge in [0.05, 0.1) is 6.54 Å². The number of likely N-dealkylation sites (tertiary alicyclic amines) is 1. The minimum Gasteiger partial charge on any atom is -0.376 e. The maximum absolute atomic E-state index is 12.5. The molecule has 0 aromatic heterocycles. The van der Waals surface area contributed by atoms with E-state index in [1.807, 2.05) is 29.2 Å². The second-order valence-electron chi connectivity index (χ2n) is 7.97. The van der Waals surface area contributed by atoms with E-state index in [0.29, 0.717) is 24.1 Å². The topological polar surface area (TPSA) is 81.8 Å². The number of anilines is 2. The zero-order valence-corrected chi connectivity index (χ0v) is 18.2. The first kappa shape index (κ1) is 22.3. The number of carbonyl (C=O) groups excluding carboxylic acids is 3. The molecule has 2 aromatic carbocycles. The van der Waals surface area contributed by atoms with E-state index in [9.17, 15) is 14.4 Å². The SMILES string of the molecule is CN(C)C(=O)CCc1ccc(NCC(=O)Nc2cccc(C(=O)N3CCCC3)c2)cc1. The summed E-state index contributed by atoms with van der Waals surface area (Å²) in [6, 6.07) is 14.8. The molecule has 31 heavy (non-hydrogen) atoms. The van der Waals surface area contributed by atoms with Crippen molar-refractivity contribution in [3.8, 4) is 0 Å². The molecule has 3 rings (SSSR count). The van der Waals surface area contributed by atoms with E-state index in [1.54, 1.807) is 43.3 Å². The number of hydrogen-bond acceptors (Lipinski definition) is 4. The van der Waals surface area contributed by atoms with Gasteiger partial charge in [0.15, 0.2) is 0 Å². The third-order valence-corrected chi connectivity index (χ3v) is 5.32. The lowest BCUT2D eigenvalue weighted by Gasteiger charge is -2.16. The Kier molecular flexibility index (Phi) is 7.65.